The van der Waals surface area contributed by atoms with Gasteiger partial charge < -0.3 is 5.32 Å². The quantitative estimate of drug-likeness (QED) is 0.840. The van der Waals surface area contributed by atoms with Crippen molar-refractivity contribution in [3.8, 4) is 0 Å². The summed E-state index contributed by atoms with van der Waals surface area (Å²) in [6.07, 6.45) is 8.04. The summed E-state index contributed by atoms with van der Waals surface area (Å²) in [4.78, 5) is 14.5. The number of H-pyrrole nitrogens is 1. The number of amides is 1. The maximum atomic E-state index is 12.3. The van der Waals surface area contributed by atoms with E-state index >= 15 is 0 Å². The third-order valence-corrected chi connectivity index (χ3v) is 5.10. The second kappa shape index (κ2) is 6.43. The van der Waals surface area contributed by atoms with E-state index in [0.29, 0.717) is 5.82 Å². The number of nitrogens with one attached hydrogen (secondary N) is 2. The average Bonchev–Trinajstić information content (AvgIpc) is 3.01. The summed E-state index contributed by atoms with van der Waals surface area (Å²) in [5.41, 5.74) is 2.44. The van der Waals surface area contributed by atoms with Crippen molar-refractivity contribution in [2.45, 2.75) is 51.9 Å². The fourth-order valence-electron chi connectivity index (χ4n) is 2.78. The zero-order chi connectivity index (χ0) is 14.7. The molecule has 0 saturated carbocycles. The molecule has 0 fully saturated rings. The van der Waals surface area contributed by atoms with Crippen LogP contribution in [0.1, 0.15) is 58.4 Å². The van der Waals surface area contributed by atoms with Crippen LogP contribution < -0.4 is 5.32 Å². The summed E-state index contributed by atoms with van der Waals surface area (Å²) in [7, 11) is 0. The topological polar surface area (TPSA) is 57.8 Å². The molecule has 1 amide bonds. The van der Waals surface area contributed by atoms with Gasteiger partial charge >= 0.3 is 0 Å². The van der Waals surface area contributed by atoms with Crippen molar-refractivity contribution in [3.63, 3.8) is 0 Å². The van der Waals surface area contributed by atoms with E-state index in [2.05, 4.69) is 28.5 Å². The number of fused-ring (bicyclic) bond motifs is 1. The van der Waals surface area contributed by atoms with Crippen molar-refractivity contribution in [1.29, 1.82) is 0 Å². The Hall–Kier alpha value is -1.62. The minimum atomic E-state index is -0.0392. The van der Waals surface area contributed by atoms with Gasteiger partial charge in [0.15, 0.2) is 5.82 Å². The second-order valence-electron chi connectivity index (χ2n) is 5.60. The minimum Gasteiger partial charge on any atom is -0.304 e. The van der Waals surface area contributed by atoms with Gasteiger partial charge in [-0.2, -0.15) is 5.10 Å². The summed E-state index contributed by atoms with van der Waals surface area (Å²) >= 11 is 1.64. The summed E-state index contributed by atoms with van der Waals surface area (Å²) < 4.78 is 0. The predicted molar refractivity (Wildman–Crippen MR) is 86.1 cm³/mol. The molecule has 2 N–H and O–H groups in total. The van der Waals surface area contributed by atoms with Gasteiger partial charge in [-0.1, -0.05) is 19.8 Å². The predicted octanol–water partition coefficient (Wildman–Crippen LogP) is 3.94. The van der Waals surface area contributed by atoms with E-state index in [9.17, 15) is 4.79 Å². The lowest BCUT2D eigenvalue weighted by Crippen LogP contribution is -2.10. The number of nitrogens with zero attached hydrogens (tertiary/aromatic N) is 1. The van der Waals surface area contributed by atoms with Crippen LogP contribution in [-0.2, 0) is 19.3 Å². The highest BCUT2D eigenvalue weighted by Gasteiger charge is 2.17. The van der Waals surface area contributed by atoms with E-state index in [-0.39, 0.29) is 5.91 Å². The number of carbonyl (C=O) groups excluding carboxylic acids is 1. The molecule has 0 unspecified atom stereocenters. The number of hydrogen-bond donors (Lipinski definition) is 2. The molecule has 21 heavy (non-hydrogen) atoms. The number of anilines is 1. The van der Waals surface area contributed by atoms with Crippen molar-refractivity contribution in [3.05, 3.63) is 33.1 Å². The Morgan fingerprint density at radius 2 is 2.19 bits per heavy atom. The number of rotatable bonds is 4. The summed E-state index contributed by atoms with van der Waals surface area (Å²) in [6.45, 7) is 2.12. The highest BCUT2D eigenvalue weighted by molar-refractivity contribution is 7.14. The standard InChI is InChI=1S/C16H21N3OS/c1-2-6-12-10-15(19-18-12)17-16(20)14-9-11-7-4-3-5-8-13(11)21-14/h9-10H,2-8H2,1H3,(H2,17,18,19,20). The molecular formula is C16H21N3OS. The van der Waals surface area contributed by atoms with Gasteiger partial charge in [0.2, 0.25) is 0 Å². The van der Waals surface area contributed by atoms with E-state index in [1.807, 2.05) is 6.07 Å². The Kier molecular flexibility index (Phi) is 4.39. The van der Waals surface area contributed by atoms with Gasteiger partial charge in [0.25, 0.3) is 5.91 Å². The lowest BCUT2D eigenvalue weighted by molar-refractivity contribution is 0.103. The van der Waals surface area contributed by atoms with Gasteiger partial charge in [-0.15, -0.1) is 11.3 Å². The van der Waals surface area contributed by atoms with Crippen LogP contribution in [0.25, 0.3) is 0 Å². The molecule has 2 aromatic rings. The number of aromatic nitrogens is 2. The lowest BCUT2D eigenvalue weighted by Gasteiger charge is -1.98. The largest absolute Gasteiger partial charge is 0.304 e. The molecule has 0 spiro atoms. The van der Waals surface area contributed by atoms with Gasteiger partial charge in [-0.05, 0) is 43.7 Å². The number of aryl methyl sites for hydroxylation is 3. The molecule has 0 atom stereocenters. The van der Waals surface area contributed by atoms with E-state index in [4.69, 9.17) is 0 Å². The number of aromatic amines is 1. The third-order valence-electron chi connectivity index (χ3n) is 3.86. The van der Waals surface area contributed by atoms with E-state index in [0.717, 1.165) is 36.3 Å². The maximum absolute atomic E-state index is 12.3. The van der Waals surface area contributed by atoms with Crippen LogP contribution in [0, 0.1) is 0 Å². The first-order valence-electron chi connectivity index (χ1n) is 7.73. The van der Waals surface area contributed by atoms with E-state index < -0.39 is 0 Å². The van der Waals surface area contributed by atoms with Crippen LogP contribution in [0.15, 0.2) is 12.1 Å². The Labute approximate surface area is 129 Å². The first-order chi connectivity index (χ1) is 10.3. The van der Waals surface area contributed by atoms with Gasteiger partial charge in [0, 0.05) is 16.6 Å². The Balaban J connectivity index is 1.70. The molecule has 4 nitrogen and oxygen atoms in total. The van der Waals surface area contributed by atoms with Crippen molar-refractivity contribution in [1.82, 2.24) is 10.2 Å². The van der Waals surface area contributed by atoms with Crippen LogP contribution in [0.2, 0.25) is 0 Å². The molecule has 2 aromatic heterocycles. The fraction of sp³-hybridized carbons (Fsp3) is 0.500. The Morgan fingerprint density at radius 3 is 3.05 bits per heavy atom. The van der Waals surface area contributed by atoms with Crippen LogP contribution in [0.4, 0.5) is 5.82 Å². The van der Waals surface area contributed by atoms with Gasteiger partial charge in [-0.3, -0.25) is 9.89 Å². The van der Waals surface area contributed by atoms with E-state index in [1.165, 1.54) is 29.7 Å². The van der Waals surface area contributed by atoms with Gasteiger partial charge in [0.05, 0.1) is 4.88 Å². The SMILES string of the molecule is CCCc1cc(NC(=O)c2cc3c(s2)CCCCC3)n[nH]1. The van der Waals surface area contributed by atoms with Crippen LogP contribution in [-0.4, -0.2) is 16.1 Å². The highest BCUT2D eigenvalue weighted by Crippen LogP contribution is 2.29. The number of hydrogen-bond acceptors (Lipinski definition) is 3. The monoisotopic (exact) mass is 303 g/mol. The third kappa shape index (κ3) is 3.35. The molecule has 0 bridgehead atoms. The summed E-state index contributed by atoms with van der Waals surface area (Å²) in [6, 6.07) is 3.99. The van der Waals surface area contributed by atoms with Crippen LogP contribution in [0.3, 0.4) is 0 Å². The van der Waals surface area contributed by atoms with Gasteiger partial charge in [0.1, 0.15) is 0 Å². The summed E-state index contributed by atoms with van der Waals surface area (Å²) in [5, 5.41) is 10.00. The molecular weight excluding hydrogens is 282 g/mol. The maximum Gasteiger partial charge on any atom is 0.266 e. The molecule has 1 aliphatic carbocycles. The molecule has 5 heteroatoms. The minimum absolute atomic E-state index is 0.0392. The lowest BCUT2D eigenvalue weighted by atomic mass is 10.1. The molecule has 112 valence electrons. The molecule has 0 aliphatic heterocycles. The molecule has 0 radical (unpaired) electrons. The Morgan fingerprint density at radius 1 is 1.33 bits per heavy atom. The summed E-state index contributed by atoms with van der Waals surface area (Å²) in [5.74, 6) is 0.578. The fourth-order valence-corrected chi connectivity index (χ4v) is 3.93. The van der Waals surface area contributed by atoms with Crippen molar-refractivity contribution in [2.24, 2.45) is 0 Å². The van der Waals surface area contributed by atoms with Crippen LogP contribution in [0.5, 0.6) is 0 Å². The van der Waals surface area contributed by atoms with Gasteiger partial charge in [-0.25, -0.2) is 0 Å². The van der Waals surface area contributed by atoms with Crippen LogP contribution >= 0.6 is 11.3 Å². The molecule has 0 saturated heterocycles. The smallest absolute Gasteiger partial charge is 0.266 e. The van der Waals surface area contributed by atoms with Crippen molar-refractivity contribution < 1.29 is 4.79 Å². The molecule has 0 aromatic carbocycles. The first-order valence-corrected chi connectivity index (χ1v) is 8.55. The Bertz CT molecular complexity index is 606. The molecule has 1 aliphatic rings. The zero-order valence-corrected chi connectivity index (χ0v) is 13.2. The zero-order valence-electron chi connectivity index (χ0n) is 12.4. The molecule has 2 heterocycles. The average molecular weight is 303 g/mol. The van der Waals surface area contributed by atoms with Crippen molar-refractivity contribution >= 4 is 23.1 Å². The second-order valence-corrected chi connectivity index (χ2v) is 6.74. The number of carbonyl (C=O) groups is 1. The molecule has 3 rings (SSSR count). The van der Waals surface area contributed by atoms with Crippen molar-refractivity contribution in [2.75, 3.05) is 5.32 Å². The number of thiophene rings is 1. The highest BCUT2D eigenvalue weighted by atomic mass is 32.1. The first kappa shape index (κ1) is 14.3. The van der Waals surface area contributed by atoms with E-state index in [1.54, 1.807) is 11.3 Å². The normalized spacial score (nSPS) is 14.5.